The maximum absolute atomic E-state index is 13.7. The molecule has 2 aromatic rings. The molecule has 7 nitrogen and oxygen atoms in total. The second kappa shape index (κ2) is 9.74. The summed E-state index contributed by atoms with van der Waals surface area (Å²) >= 11 is 0. The lowest BCUT2D eigenvalue weighted by Gasteiger charge is -2.26. The van der Waals surface area contributed by atoms with E-state index in [1.807, 2.05) is 0 Å². The number of esters is 1. The van der Waals surface area contributed by atoms with Crippen molar-refractivity contribution >= 4 is 27.6 Å². The van der Waals surface area contributed by atoms with Gasteiger partial charge in [0, 0.05) is 19.2 Å². The van der Waals surface area contributed by atoms with E-state index >= 15 is 0 Å². The van der Waals surface area contributed by atoms with Gasteiger partial charge in [0.05, 0.1) is 16.1 Å². The lowest BCUT2D eigenvalue weighted by molar-refractivity contribution is -0.123. The van der Waals surface area contributed by atoms with Crippen LogP contribution in [0.4, 0.5) is 14.5 Å². The second-order valence-corrected chi connectivity index (χ2v) is 9.54. The number of aryl methyl sites for hydroxylation is 1. The van der Waals surface area contributed by atoms with Gasteiger partial charge in [-0.05, 0) is 56.5 Å². The summed E-state index contributed by atoms with van der Waals surface area (Å²) in [5, 5.41) is 2.23. The number of nitrogens with one attached hydrogen (secondary N) is 1. The highest BCUT2D eigenvalue weighted by molar-refractivity contribution is 7.89. The highest BCUT2D eigenvalue weighted by atomic mass is 32.2. The number of hydrogen-bond acceptors (Lipinski definition) is 5. The molecular formula is C22H24F2N2O5S. The van der Waals surface area contributed by atoms with Gasteiger partial charge < -0.3 is 10.1 Å². The fourth-order valence-electron chi connectivity index (χ4n) is 3.34. The van der Waals surface area contributed by atoms with Crippen molar-refractivity contribution in [2.75, 3.05) is 18.4 Å². The Bertz CT molecular complexity index is 1130. The number of anilines is 1. The van der Waals surface area contributed by atoms with Crippen LogP contribution in [0.2, 0.25) is 0 Å². The van der Waals surface area contributed by atoms with Crippen molar-refractivity contribution < 1.29 is 31.5 Å². The van der Waals surface area contributed by atoms with Crippen LogP contribution in [0.5, 0.6) is 0 Å². The Labute approximate surface area is 185 Å². The first-order chi connectivity index (χ1) is 15.1. The smallest absolute Gasteiger partial charge is 0.339 e. The molecule has 1 saturated heterocycles. The standard InChI is InChI=1S/C22H24F2N2O5S/c1-14-6-8-17(32(29,30)26-10-4-3-5-11-26)13-18(14)22(28)31-15(2)21(27)25-20-9-7-16(23)12-19(20)24/h6-9,12-13,15H,3-5,10-11H2,1-2H3,(H,25,27). The van der Waals surface area contributed by atoms with Crippen LogP contribution in [0.3, 0.4) is 0 Å². The van der Waals surface area contributed by atoms with Gasteiger partial charge >= 0.3 is 5.97 Å². The number of amides is 1. The average molecular weight is 467 g/mol. The second-order valence-electron chi connectivity index (χ2n) is 7.60. The predicted octanol–water partition coefficient (Wildman–Crippen LogP) is 3.63. The van der Waals surface area contributed by atoms with Crippen LogP contribution in [-0.4, -0.2) is 43.8 Å². The Morgan fingerprint density at radius 2 is 1.75 bits per heavy atom. The zero-order valence-electron chi connectivity index (χ0n) is 17.7. The van der Waals surface area contributed by atoms with Gasteiger partial charge in [0.2, 0.25) is 10.0 Å². The van der Waals surface area contributed by atoms with E-state index in [4.69, 9.17) is 4.74 Å². The minimum atomic E-state index is -3.75. The van der Waals surface area contributed by atoms with Gasteiger partial charge in [-0.3, -0.25) is 4.79 Å². The van der Waals surface area contributed by atoms with Crippen molar-refractivity contribution in [1.82, 2.24) is 4.31 Å². The number of ether oxygens (including phenoxy) is 1. The molecule has 3 rings (SSSR count). The van der Waals surface area contributed by atoms with Gasteiger partial charge in [-0.15, -0.1) is 0 Å². The van der Waals surface area contributed by atoms with Crippen molar-refractivity contribution in [1.29, 1.82) is 0 Å². The third-order valence-electron chi connectivity index (χ3n) is 5.22. The van der Waals surface area contributed by atoms with E-state index in [9.17, 15) is 26.8 Å². The number of benzene rings is 2. The van der Waals surface area contributed by atoms with E-state index in [1.54, 1.807) is 6.92 Å². The van der Waals surface area contributed by atoms with Crippen molar-refractivity contribution in [2.45, 2.75) is 44.1 Å². The zero-order chi connectivity index (χ0) is 23.5. The number of halogens is 2. The summed E-state index contributed by atoms with van der Waals surface area (Å²) in [6.45, 7) is 3.76. The summed E-state index contributed by atoms with van der Waals surface area (Å²) in [4.78, 5) is 24.9. The molecule has 1 aliphatic heterocycles. The lowest BCUT2D eigenvalue weighted by atomic mass is 10.1. The first-order valence-electron chi connectivity index (χ1n) is 10.2. The van der Waals surface area contributed by atoms with Crippen molar-refractivity contribution in [3.05, 3.63) is 59.2 Å². The van der Waals surface area contributed by atoms with Crippen LogP contribution in [0, 0.1) is 18.6 Å². The van der Waals surface area contributed by atoms with Crippen LogP contribution in [0.15, 0.2) is 41.3 Å². The Morgan fingerprint density at radius 3 is 2.41 bits per heavy atom. The summed E-state index contributed by atoms with van der Waals surface area (Å²) < 4.78 is 59.1. The SMILES string of the molecule is Cc1ccc(S(=O)(=O)N2CCCCC2)cc1C(=O)OC(C)C(=O)Nc1ccc(F)cc1F. The van der Waals surface area contributed by atoms with Crippen molar-refractivity contribution in [3.63, 3.8) is 0 Å². The van der Waals surface area contributed by atoms with Gasteiger partial charge in [-0.2, -0.15) is 4.31 Å². The average Bonchev–Trinajstić information content (AvgIpc) is 2.76. The van der Waals surface area contributed by atoms with Crippen molar-refractivity contribution in [3.8, 4) is 0 Å². The first-order valence-corrected chi connectivity index (χ1v) is 11.6. The number of carbonyl (C=O) groups excluding carboxylic acids is 2. The van der Waals surface area contributed by atoms with E-state index in [0.717, 1.165) is 31.4 Å². The Morgan fingerprint density at radius 1 is 1.06 bits per heavy atom. The predicted molar refractivity (Wildman–Crippen MR) is 114 cm³/mol. The number of rotatable bonds is 6. The minimum Gasteiger partial charge on any atom is -0.449 e. The summed E-state index contributed by atoms with van der Waals surface area (Å²) in [7, 11) is -3.75. The minimum absolute atomic E-state index is 0.00990. The van der Waals surface area contributed by atoms with Gasteiger partial charge in [0.1, 0.15) is 11.6 Å². The molecule has 0 bridgehead atoms. The van der Waals surface area contributed by atoms with Gasteiger partial charge in [-0.1, -0.05) is 12.5 Å². The first kappa shape index (κ1) is 23.8. The molecule has 172 valence electrons. The Hall–Kier alpha value is -2.85. The molecule has 1 heterocycles. The van der Waals surface area contributed by atoms with Gasteiger partial charge in [0.15, 0.2) is 6.10 Å². The maximum Gasteiger partial charge on any atom is 0.339 e. The molecule has 10 heteroatoms. The van der Waals surface area contributed by atoms with Crippen molar-refractivity contribution in [2.24, 2.45) is 0 Å². The molecule has 0 spiro atoms. The third kappa shape index (κ3) is 5.31. The molecule has 1 aliphatic rings. The van der Waals surface area contributed by atoms with Gasteiger partial charge in [0.25, 0.3) is 5.91 Å². The monoisotopic (exact) mass is 466 g/mol. The largest absolute Gasteiger partial charge is 0.449 e. The summed E-state index contributed by atoms with van der Waals surface area (Å²) in [5.74, 6) is -3.47. The third-order valence-corrected chi connectivity index (χ3v) is 7.12. The Balaban J connectivity index is 1.74. The molecular weight excluding hydrogens is 442 g/mol. The summed E-state index contributed by atoms with van der Waals surface area (Å²) in [6.07, 6.45) is 1.22. The van der Waals surface area contributed by atoms with Crippen LogP contribution in [0.1, 0.15) is 42.1 Å². The van der Waals surface area contributed by atoms with Crippen LogP contribution in [0.25, 0.3) is 0 Å². The van der Waals surface area contributed by atoms with Gasteiger partial charge in [-0.25, -0.2) is 22.0 Å². The number of piperidine rings is 1. The molecule has 0 aromatic heterocycles. The fourth-order valence-corrected chi connectivity index (χ4v) is 4.88. The highest BCUT2D eigenvalue weighted by Gasteiger charge is 2.28. The molecule has 2 aromatic carbocycles. The van der Waals surface area contributed by atoms with Crippen LogP contribution in [-0.2, 0) is 19.6 Å². The molecule has 1 amide bonds. The molecule has 1 N–H and O–H groups in total. The number of carbonyl (C=O) groups is 2. The molecule has 32 heavy (non-hydrogen) atoms. The quantitative estimate of drug-likeness (QED) is 0.657. The van der Waals surface area contributed by atoms with E-state index < -0.39 is 39.6 Å². The van der Waals surface area contributed by atoms with E-state index in [2.05, 4.69) is 5.32 Å². The lowest BCUT2D eigenvalue weighted by Crippen LogP contribution is -2.35. The molecule has 1 fully saturated rings. The normalized spacial score (nSPS) is 15.8. The summed E-state index contributed by atoms with van der Waals surface area (Å²) in [6, 6.07) is 6.83. The maximum atomic E-state index is 13.7. The molecule has 0 radical (unpaired) electrons. The molecule has 0 saturated carbocycles. The number of nitrogens with zero attached hydrogens (tertiary/aromatic N) is 1. The van der Waals surface area contributed by atoms with Crippen LogP contribution < -0.4 is 5.32 Å². The number of sulfonamides is 1. The Kier molecular flexibility index (Phi) is 7.25. The van der Waals surface area contributed by atoms with Crippen LogP contribution >= 0.6 is 0 Å². The summed E-state index contributed by atoms with van der Waals surface area (Å²) in [5.41, 5.74) is 0.227. The highest BCUT2D eigenvalue weighted by Crippen LogP contribution is 2.24. The zero-order valence-corrected chi connectivity index (χ0v) is 18.5. The molecule has 1 unspecified atom stereocenters. The topological polar surface area (TPSA) is 92.8 Å². The fraction of sp³-hybridized carbons (Fsp3) is 0.364. The molecule has 0 aliphatic carbocycles. The molecule has 1 atom stereocenters. The van der Waals surface area contributed by atoms with E-state index in [-0.39, 0.29) is 16.1 Å². The number of hydrogen-bond donors (Lipinski definition) is 1. The van der Waals surface area contributed by atoms with E-state index in [1.165, 1.54) is 29.4 Å². The van der Waals surface area contributed by atoms with E-state index in [0.29, 0.717) is 24.7 Å².